The van der Waals surface area contributed by atoms with Gasteiger partial charge in [-0.3, -0.25) is 9.79 Å². The third-order valence-electron chi connectivity index (χ3n) is 6.85. The topological polar surface area (TPSA) is 67.8 Å². The molecule has 1 aliphatic rings. The van der Waals surface area contributed by atoms with Crippen molar-refractivity contribution in [1.82, 2.24) is 5.32 Å². The number of carbonyl (C=O) groups is 2. The van der Waals surface area contributed by atoms with Gasteiger partial charge in [0.25, 0.3) is 5.91 Å². The van der Waals surface area contributed by atoms with E-state index in [0.29, 0.717) is 23.7 Å². The first-order chi connectivity index (χ1) is 16.0. The van der Waals surface area contributed by atoms with Crippen molar-refractivity contribution in [3.63, 3.8) is 0 Å². The summed E-state index contributed by atoms with van der Waals surface area (Å²) in [5, 5.41) is 3.00. The minimum absolute atomic E-state index is 0.0163. The maximum absolute atomic E-state index is 13.3. The van der Waals surface area contributed by atoms with Crippen LogP contribution in [-0.2, 0) is 14.3 Å². The third kappa shape index (κ3) is 6.68. The molecule has 3 atom stereocenters. The van der Waals surface area contributed by atoms with Crippen LogP contribution in [0.5, 0.6) is 0 Å². The first-order valence-corrected chi connectivity index (χ1v) is 12.6. The molecular weight excluding hydrogens is 424 g/mol. The van der Waals surface area contributed by atoms with Gasteiger partial charge in [-0.05, 0) is 56.1 Å². The van der Waals surface area contributed by atoms with Crippen molar-refractivity contribution in [3.8, 4) is 0 Å². The number of nitrogens with one attached hydrogen (secondary N) is 1. The van der Waals surface area contributed by atoms with Gasteiger partial charge >= 0.3 is 5.97 Å². The summed E-state index contributed by atoms with van der Waals surface area (Å²) >= 11 is 0. The van der Waals surface area contributed by atoms with Crippen molar-refractivity contribution in [2.24, 2.45) is 22.7 Å². The Labute approximate surface area is 205 Å². The lowest BCUT2D eigenvalue weighted by Crippen LogP contribution is -2.42. The fraction of sp³-hybridized carbons (Fsp3) is 0.552. The second-order valence-electron chi connectivity index (χ2n) is 10.1. The second kappa shape index (κ2) is 12.1. The molecule has 0 radical (unpaired) electrons. The zero-order valence-corrected chi connectivity index (χ0v) is 22.2. The molecule has 34 heavy (non-hydrogen) atoms. The molecule has 1 aromatic carbocycles. The molecule has 1 heterocycles. The molecule has 1 aliphatic heterocycles. The lowest BCUT2D eigenvalue weighted by Gasteiger charge is -2.24. The van der Waals surface area contributed by atoms with Crippen molar-refractivity contribution in [3.05, 3.63) is 52.6 Å². The Morgan fingerprint density at radius 1 is 1.12 bits per heavy atom. The number of amides is 1. The van der Waals surface area contributed by atoms with Crippen LogP contribution in [0.3, 0.4) is 0 Å². The first-order valence-electron chi connectivity index (χ1n) is 12.6. The summed E-state index contributed by atoms with van der Waals surface area (Å²) in [5.41, 5.74) is 2.86. The molecule has 0 bridgehead atoms. The van der Waals surface area contributed by atoms with Gasteiger partial charge in [0.1, 0.15) is 18.0 Å². The number of nitrogens with zero attached hydrogens (tertiary/aromatic N) is 1. The molecular formula is C29H42N2O3. The van der Waals surface area contributed by atoms with Crippen LogP contribution in [0.25, 0.3) is 6.08 Å². The number of carbonyl (C=O) groups excluding carboxylic acids is 2. The van der Waals surface area contributed by atoms with E-state index < -0.39 is 5.54 Å². The minimum Gasteiger partial charge on any atom is -0.458 e. The highest BCUT2D eigenvalue weighted by molar-refractivity contribution is 6.17. The molecule has 186 valence electrons. The summed E-state index contributed by atoms with van der Waals surface area (Å²) < 4.78 is 5.69. The van der Waals surface area contributed by atoms with Crippen molar-refractivity contribution in [2.75, 3.05) is 6.61 Å². The molecule has 1 amide bonds. The average Bonchev–Trinajstić information content (AvgIpc) is 3.11. The maximum Gasteiger partial charge on any atom is 0.335 e. The van der Waals surface area contributed by atoms with Gasteiger partial charge < -0.3 is 10.1 Å². The van der Waals surface area contributed by atoms with E-state index in [1.807, 2.05) is 45.1 Å². The van der Waals surface area contributed by atoms with Crippen LogP contribution in [0.1, 0.15) is 78.9 Å². The summed E-state index contributed by atoms with van der Waals surface area (Å²) in [5.74, 6) is 0.458. The molecule has 5 nitrogen and oxygen atoms in total. The summed E-state index contributed by atoms with van der Waals surface area (Å²) in [6.45, 7) is 16.5. The molecule has 1 N–H and O–H groups in total. The van der Waals surface area contributed by atoms with Crippen LogP contribution < -0.4 is 5.32 Å². The van der Waals surface area contributed by atoms with Gasteiger partial charge in [-0.2, -0.15) is 0 Å². The molecule has 2 rings (SSSR count). The van der Waals surface area contributed by atoms with Gasteiger partial charge in [-0.15, -0.1) is 0 Å². The van der Waals surface area contributed by atoms with E-state index in [4.69, 9.17) is 9.73 Å². The fourth-order valence-electron chi connectivity index (χ4n) is 4.05. The van der Waals surface area contributed by atoms with Crippen LogP contribution in [0.2, 0.25) is 0 Å². The van der Waals surface area contributed by atoms with Gasteiger partial charge in [0.05, 0.1) is 0 Å². The van der Waals surface area contributed by atoms with Crippen molar-refractivity contribution >= 4 is 23.8 Å². The molecule has 5 heteroatoms. The van der Waals surface area contributed by atoms with E-state index in [1.165, 1.54) is 5.56 Å². The predicted octanol–water partition coefficient (Wildman–Crippen LogP) is 6.27. The molecule has 0 aliphatic carbocycles. The highest BCUT2D eigenvalue weighted by Crippen LogP contribution is 2.33. The van der Waals surface area contributed by atoms with Crippen molar-refractivity contribution < 1.29 is 14.3 Å². The minimum atomic E-state index is -0.826. The predicted molar refractivity (Wildman–Crippen MR) is 141 cm³/mol. The molecule has 0 saturated carbocycles. The van der Waals surface area contributed by atoms with E-state index in [1.54, 1.807) is 0 Å². The number of benzene rings is 1. The van der Waals surface area contributed by atoms with Crippen molar-refractivity contribution in [2.45, 2.75) is 80.2 Å². The number of hydrogen-bond donors (Lipinski definition) is 1. The Bertz CT molecular complexity index is 956. The molecule has 3 unspecified atom stereocenters. The zero-order valence-electron chi connectivity index (χ0n) is 22.2. The number of rotatable bonds is 11. The van der Waals surface area contributed by atoms with Crippen LogP contribution in [0.15, 0.2) is 46.5 Å². The quantitative estimate of drug-likeness (QED) is 0.308. The summed E-state index contributed by atoms with van der Waals surface area (Å²) in [4.78, 5) is 31.1. The van der Waals surface area contributed by atoms with Crippen LogP contribution in [0.4, 0.5) is 0 Å². The molecule has 0 fully saturated rings. The Morgan fingerprint density at radius 2 is 1.76 bits per heavy atom. The normalized spacial score (nSPS) is 20.7. The summed E-state index contributed by atoms with van der Waals surface area (Å²) in [6, 6.07) is 8.18. The zero-order chi connectivity index (χ0) is 25.5. The maximum atomic E-state index is 13.3. The van der Waals surface area contributed by atoms with E-state index in [9.17, 15) is 9.59 Å². The summed E-state index contributed by atoms with van der Waals surface area (Å²) in [7, 11) is 0. The lowest BCUT2D eigenvalue weighted by atomic mass is 9.85. The Morgan fingerprint density at radius 3 is 2.32 bits per heavy atom. The summed E-state index contributed by atoms with van der Waals surface area (Å²) in [6.07, 6.45) is 6.08. The van der Waals surface area contributed by atoms with Crippen LogP contribution >= 0.6 is 0 Å². The van der Waals surface area contributed by atoms with E-state index in [0.717, 1.165) is 24.0 Å². The average molecular weight is 467 g/mol. The molecule has 1 aromatic rings. The highest BCUT2D eigenvalue weighted by Gasteiger charge is 2.44. The SMILES string of the molecule is CCC(C)/C(C(=O)OCC=Cc1ccc(C)cc1)=C(\CC(C)C)C1=NC(C)(C(C)CC)C(=O)N1. The lowest BCUT2D eigenvalue weighted by molar-refractivity contribution is -0.138. The van der Waals surface area contributed by atoms with Gasteiger partial charge in [-0.1, -0.05) is 83.9 Å². The van der Waals surface area contributed by atoms with Gasteiger partial charge in [-0.25, -0.2) is 4.79 Å². The third-order valence-corrected chi connectivity index (χ3v) is 6.85. The second-order valence-corrected chi connectivity index (χ2v) is 10.1. The molecule has 0 spiro atoms. The number of amidine groups is 1. The number of aliphatic imine (C=N–C) groups is 1. The first kappa shape index (κ1) is 27.6. The van der Waals surface area contributed by atoms with Crippen LogP contribution in [0, 0.1) is 24.7 Å². The van der Waals surface area contributed by atoms with Gasteiger partial charge in [0.15, 0.2) is 0 Å². The number of aryl methyl sites for hydroxylation is 1. The number of ether oxygens (including phenoxy) is 1. The van der Waals surface area contributed by atoms with E-state index >= 15 is 0 Å². The largest absolute Gasteiger partial charge is 0.458 e. The van der Waals surface area contributed by atoms with Crippen LogP contribution in [-0.4, -0.2) is 29.9 Å². The molecule has 0 saturated heterocycles. The fourth-order valence-corrected chi connectivity index (χ4v) is 4.05. The Balaban J connectivity index is 2.37. The Kier molecular flexibility index (Phi) is 9.84. The van der Waals surface area contributed by atoms with E-state index in [2.05, 4.69) is 52.1 Å². The number of hydrogen-bond acceptors (Lipinski definition) is 4. The standard InChI is InChI=1S/C29H42N2O3/c1-9-21(6)25(27(32)34-17-11-12-23-15-13-20(5)14-16-23)24(18-19(3)4)26-30-28(33)29(8,31-26)22(7)10-2/h11-16,19,21-22H,9-10,17-18H2,1-8H3,(H,30,31,33)/b12-11?,25-24-. The smallest absolute Gasteiger partial charge is 0.335 e. The van der Waals surface area contributed by atoms with Gasteiger partial charge in [0, 0.05) is 11.1 Å². The number of esters is 1. The Hall–Kier alpha value is -2.69. The van der Waals surface area contributed by atoms with E-state index in [-0.39, 0.29) is 30.3 Å². The highest BCUT2D eigenvalue weighted by atomic mass is 16.5. The van der Waals surface area contributed by atoms with Gasteiger partial charge in [0.2, 0.25) is 0 Å². The molecule has 0 aromatic heterocycles. The van der Waals surface area contributed by atoms with Crippen molar-refractivity contribution in [1.29, 1.82) is 0 Å². The monoisotopic (exact) mass is 466 g/mol.